The molecule has 1 unspecified atom stereocenters. The molecular weight excluding hydrogens is 322 g/mol. The highest BCUT2D eigenvalue weighted by Gasteiger charge is 2.19. The zero-order valence-corrected chi connectivity index (χ0v) is 13.6. The lowest BCUT2D eigenvalue weighted by molar-refractivity contribution is -0.384. The van der Waals surface area contributed by atoms with Gasteiger partial charge in [-0.2, -0.15) is 5.10 Å². The Labute approximate surface area is 139 Å². The number of nitrogens with two attached hydrogens (primary N) is 1. The van der Waals surface area contributed by atoms with Gasteiger partial charge >= 0.3 is 0 Å². The quantitative estimate of drug-likeness (QED) is 0.658. The molecule has 0 radical (unpaired) electrons. The fourth-order valence-corrected chi connectivity index (χ4v) is 1.87. The second-order valence-electron chi connectivity index (χ2n) is 4.92. The predicted molar refractivity (Wildman–Crippen MR) is 88.1 cm³/mol. The standard InChI is InChI=1S/C14H17N5O3.ClH/c1-10(9-15)17(2)14(20)13-6-7-18(16-13)11-4-3-5-12(8-11)19(21)22;/h3-8,10H,9,15H2,1-2H3;1H. The summed E-state index contributed by atoms with van der Waals surface area (Å²) in [5.41, 5.74) is 6.29. The Morgan fingerprint density at radius 2 is 2.17 bits per heavy atom. The molecule has 0 saturated carbocycles. The highest BCUT2D eigenvalue weighted by molar-refractivity contribution is 5.92. The monoisotopic (exact) mass is 339 g/mol. The van der Waals surface area contributed by atoms with E-state index in [0.29, 0.717) is 12.2 Å². The average Bonchev–Trinajstić information content (AvgIpc) is 3.02. The molecule has 0 fully saturated rings. The number of nitro benzene ring substituents is 1. The average molecular weight is 340 g/mol. The number of halogens is 1. The fraction of sp³-hybridized carbons (Fsp3) is 0.286. The first-order valence-corrected chi connectivity index (χ1v) is 6.71. The Bertz CT molecular complexity index is 703. The van der Waals surface area contributed by atoms with Crippen LogP contribution >= 0.6 is 12.4 Å². The Morgan fingerprint density at radius 1 is 1.48 bits per heavy atom. The Hall–Kier alpha value is -2.45. The normalized spacial score (nSPS) is 11.4. The van der Waals surface area contributed by atoms with Gasteiger partial charge in [-0.3, -0.25) is 14.9 Å². The zero-order chi connectivity index (χ0) is 16.3. The van der Waals surface area contributed by atoms with Crippen LogP contribution in [0.1, 0.15) is 17.4 Å². The number of nitro groups is 1. The van der Waals surface area contributed by atoms with Crippen LogP contribution in [0, 0.1) is 10.1 Å². The van der Waals surface area contributed by atoms with Gasteiger partial charge in [0.05, 0.1) is 10.6 Å². The van der Waals surface area contributed by atoms with Crippen LogP contribution in [-0.2, 0) is 0 Å². The number of carbonyl (C=O) groups excluding carboxylic acids is 1. The molecule has 0 spiro atoms. The molecule has 2 rings (SSSR count). The first kappa shape index (κ1) is 18.6. The topological polar surface area (TPSA) is 107 Å². The molecule has 0 aliphatic carbocycles. The summed E-state index contributed by atoms with van der Waals surface area (Å²) in [6, 6.07) is 7.51. The number of amides is 1. The molecule has 2 N–H and O–H groups in total. The van der Waals surface area contributed by atoms with E-state index >= 15 is 0 Å². The molecule has 9 heteroatoms. The predicted octanol–water partition coefficient (Wildman–Crippen LogP) is 1.62. The highest BCUT2D eigenvalue weighted by Crippen LogP contribution is 2.16. The van der Waals surface area contributed by atoms with Crippen LogP contribution in [0.3, 0.4) is 0 Å². The van der Waals surface area contributed by atoms with Crippen molar-refractivity contribution in [3.63, 3.8) is 0 Å². The van der Waals surface area contributed by atoms with Gasteiger partial charge in [-0.25, -0.2) is 4.68 Å². The molecule has 0 bridgehead atoms. The van der Waals surface area contributed by atoms with Gasteiger partial charge in [0.15, 0.2) is 5.69 Å². The number of carbonyl (C=O) groups is 1. The first-order chi connectivity index (χ1) is 10.4. The second-order valence-corrected chi connectivity index (χ2v) is 4.92. The van der Waals surface area contributed by atoms with Gasteiger partial charge in [-0.1, -0.05) is 6.07 Å². The summed E-state index contributed by atoms with van der Waals surface area (Å²) < 4.78 is 1.43. The molecule has 1 heterocycles. The first-order valence-electron chi connectivity index (χ1n) is 6.71. The van der Waals surface area contributed by atoms with Crippen LogP contribution in [0.25, 0.3) is 5.69 Å². The van der Waals surface area contributed by atoms with Gasteiger partial charge < -0.3 is 10.6 Å². The molecule has 1 amide bonds. The minimum Gasteiger partial charge on any atom is -0.336 e. The van der Waals surface area contributed by atoms with E-state index in [2.05, 4.69) is 5.10 Å². The summed E-state index contributed by atoms with van der Waals surface area (Å²) in [6.45, 7) is 2.20. The minimum atomic E-state index is -0.476. The zero-order valence-electron chi connectivity index (χ0n) is 12.7. The molecule has 23 heavy (non-hydrogen) atoms. The molecule has 2 aromatic rings. The Balaban J connectivity index is 0.00000264. The highest BCUT2D eigenvalue weighted by atomic mass is 35.5. The molecule has 0 aliphatic heterocycles. The molecule has 1 atom stereocenters. The van der Waals surface area contributed by atoms with Crippen LogP contribution in [-0.4, -0.2) is 45.1 Å². The molecule has 0 saturated heterocycles. The summed E-state index contributed by atoms with van der Waals surface area (Å²) in [6.07, 6.45) is 1.59. The number of non-ortho nitro benzene ring substituents is 1. The molecule has 8 nitrogen and oxygen atoms in total. The van der Waals surface area contributed by atoms with Crippen LogP contribution in [0.4, 0.5) is 5.69 Å². The summed E-state index contributed by atoms with van der Waals surface area (Å²) in [7, 11) is 1.66. The lowest BCUT2D eigenvalue weighted by Crippen LogP contribution is -2.39. The third-order valence-electron chi connectivity index (χ3n) is 3.44. The van der Waals surface area contributed by atoms with Crippen LogP contribution in [0.2, 0.25) is 0 Å². The smallest absolute Gasteiger partial charge is 0.274 e. The van der Waals surface area contributed by atoms with Crippen LogP contribution in [0.5, 0.6) is 0 Å². The van der Waals surface area contributed by atoms with E-state index in [0.717, 1.165) is 0 Å². The van der Waals surface area contributed by atoms with Crippen molar-refractivity contribution in [1.82, 2.24) is 14.7 Å². The van der Waals surface area contributed by atoms with Crippen molar-refractivity contribution >= 4 is 24.0 Å². The Morgan fingerprint density at radius 3 is 2.78 bits per heavy atom. The van der Waals surface area contributed by atoms with Gasteiger partial charge in [-0.15, -0.1) is 12.4 Å². The van der Waals surface area contributed by atoms with E-state index in [1.54, 1.807) is 31.4 Å². The fourth-order valence-electron chi connectivity index (χ4n) is 1.87. The van der Waals surface area contributed by atoms with E-state index in [-0.39, 0.29) is 35.7 Å². The second kappa shape index (κ2) is 7.70. The van der Waals surface area contributed by atoms with Crippen molar-refractivity contribution in [2.24, 2.45) is 5.73 Å². The summed E-state index contributed by atoms with van der Waals surface area (Å²) in [4.78, 5) is 24.1. The van der Waals surface area contributed by atoms with Crippen molar-refractivity contribution in [2.75, 3.05) is 13.6 Å². The van der Waals surface area contributed by atoms with Crippen LogP contribution < -0.4 is 5.73 Å². The summed E-state index contributed by atoms with van der Waals surface area (Å²) >= 11 is 0. The van der Waals surface area contributed by atoms with Gasteiger partial charge in [0.25, 0.3) is 11.6 Å². The number of likely N-dealkylation sites (N-methyl/N-ethyl adjacent to an activating group) is 1. The number of hydrogen-bond donors (Lipinski definition) is 1. The van der Waals surface area contributed by atoms with Crippen molar-refractivity contribution in [1.29, 1.82) is 0 Å². The molecular formula is C14H18ClN5O3. The van der Waals surface area contributed by atoms with E-state index in [1.807, 2.05) is 6.92 Å². The lowest BCUT2D eigenvalue weighted by Gasteiger charge is -2.22. The van der Waals surface area contributed by atoms with Crippen molar-refractivity contribution in [3.8, 4) is 5.69 Å². The molecule has 1 aromatic carbocycles. The number of aromatic nitrogens is 2. The van der Waals surface area contributed by atoms with E-state index < -0.39 is 4.92 Å². The maximum atomic E-state index is 12.3. The van der Waals surface area contributed by atoms with E-state index in [1.165, 1.54) is 21.7 Å². The van der Waals surface area contributed by atoms with Gasteiger partial charge in [0.2, 0.25) is 0 Å². The minimum absolute atomic E-state index is 0. The van der Waals surface area contributed by atoms with E-state index in [4.69, 9.17) is 5.73 Å². The van der Waals surface area contributed by atoms with Gasteiger partial charge in [-0.05, 0) is 19.1 Å². The SMILES string of the molecule is CC(CN)N(C)C(=O)c1ccn(-c2cccc([N+](=O)[O-])c2)n1.Cl. The van der Waals surface area contributed by atoms with Gasteiger partial charge in [0.1, 0.15) is 0 Å². The number of nitrogens with zero attached hydrogens (tertiary/aromatic N) is 4. The molecule has 124 valence electrons. The number of rotatable bonds is 5. The van der Waals surface area contributed by atoms with Crippen molar-refractivity contribution in [3.05, 3.63) is 52.3 Å². The summed E-state index contributed by atoms with van der Waals surface area (Å²) in [5, 5.41) is 15.0. The third-order valence-corrected chi connectivity index (χ3v) is 3.44. The van der Waals surface area contributed by atoms with Crippen molar-refractivity contribution in [2.45, 2.75) is 13.0 Å². The third kappa shape index (κ3) is 4.05. The maximum absolute atomic E-state index is 12.3. The van der Waals surface area contributed by atoms with Crippen molar-refractivity contribution < 1.29 is 9.72 Å². The Kier molecular flexibility index (Phi) is 6.23. The maximum Gasteiger partial charge on any atom is 0.274 e. The van der Waals surface area contributed by atoms with Gasteiger partial charge in [0, 0.05) is 38.0 Å². The summed E-state index contributed by atoms with van der Waals surface area (Å²) in [5.74, 6) is -0.248. The largest absolute Gasteiger partial charge is 0.336 e. The lowest BCUT2D eigenvalue weighted by atomic mass is 10.2. The van der Waals surface area contributed by atoms with Crippen LogP contribution in [0.15, 0.2) is 36.5 Å². The van der Waals surface area contributed by atoms with E-state index in [9.17, 15) is 14.9 Å². The number of benzene rings is 1. The molecule has 1 aromatic heterocycles. The molecule has 0 aliphatic rings. The number of hydrogen-bond acceptors (Lipinski definition) is 5.